The van der Waals surface area contributed by atoms with Crippen molar-refractivity contribution in [1.29, 1.82) is 0 Å². The third kappa shape index (κ3) is 3.67. The molecule has 0 unspecified atom stereocenters. The van der Waals surface area contributed by atoms with E-state index in [4.69, 9.17) is 4.74 Å². The van der Waals surface area contributed by atoms with Crippen LogP contribution >= 0.6 is 0 Å². The highest BCUT2D eigenvalue weighted by Gasteiger charge is 2.25. The van der Waals surface area contributed by atoms with Crippen molar-refractivity contribution >= 4 is 5.91 Å². The largest absolute Gasteiger partial charge is 0.504 e. The van der Waals surface area contributed by atoms with Crippen LogP contribution in [0.4, 0.5) is 0 Å². The van der Waals surface area contributed by atoms with E-state index in [9.17, 15) is 9.90 Å². The van der Waals surface area contributed by atoms with E-state index in [1.165, 1.54) is 13.2 Å². The average Bonchev–Trinajstić information content (AvgIpc) is 2.52. The number of ether oxygens (including phenoxy) is 1. The summed E-state index contributed by atoms with van der Waals surface area (Å²) in [5.74, 6) is 0.377. The van der Waals surface area contributed by atoms with Gasteiger partial charge in [-0.3, -0.25) is 4.79 Å². The molecule has 1 aromatic carbocycles. The van der Waals surface area contributed by atoms with Gasteiger partial charge in [0.15, 0.2) is 11.5 Å². The van der Waals surface area contributed by atoms with Gasteiger partial charge in [-0.05, 0) is 50.6 Å². The summed E-state index contributed by atoms with van der Waals surface area (Å²) in [6.45, 7) is 4.72. The van der Waals surface area contributed by atoms with E-state index in [1.807, 2.05) is 4.90 Å². The maximum absolute atomic E-state index is 12.7. The van der Waals surface area contributed by atoms with Gasteiger partial charge in [-0.15, -0.1) is 0 Å². The zero-order valence-electron chi connectivity index (χ0n) is 12.8. The zero-order valence-corrected chi connectivity index (χ0v) is 12.8. The summed E-state index contributed by atoms with van der Waals surface area (Å²) < 4.78 is 5.02. The molecule has 0 atom stereocenters. The summed E-state index contributed by atoms with van der Waals surface area (Å²) in [5, 5.41) is 13.2. The van der Waals surface area contributed by atoms with Crippen LogP contribution in [0.1, 0.15) is 36.5 Å². The van der Waals surface area contributed by atoms with E-state index in [0.29, 0.717) is 11.3 Å². The van der Waals surface area contributed by atoms with Gasteiger partial charge in [-0.25, -0.2) is 0 Å². The van der Waals surface area contributed by atoms with Gasteiger partial charge in [-0.2, -0.15) is 0 Å². The predicted octanol–water partition coefficient (Wildman–Crippen LogP) is 2.00. The maximum Gasteiger partial charge on any atom is 0.254 e. The van der Waals surface area contributed by atoms with Crippen molar-refractivity contribution in [3.8, 4) is 11.5 Å². The lowest BCUT2D eigenvalue weighted by Gasteiger charge is -2.34. The van der Waals surface area contributed by atoms with Gasteiger partial charge >= 0.3 is 0 Å². The predicted molar refractivity (Wildman–Crippen MR) is 81.9 cm³/mol. The number of hydrogen-bond donors (Lipinski definition) is 2. The second-order valence-electron chi connectivity index (χ2n) is 5.37. The molecular formula is C16H24N2O3. The molecule has 1 saturated heterocycles. The minimum Gasteiger partial charge on any atom is -0.504 e. The number of piperidine rings is 1. The molecule has 1 aliphatic heterocycles. The minimum absolute atomic E-state index is 0.00473. The van der Waals surface area contributed by atoms with Crippen LogP contribution in [0.25, 0.3) is 0 Å². The molecule has 2 rings (SSSR count). The molecule has 5 nitrogen and oxygen atoms in total. The molecule has 1 aromatic rings. The van der Waals surface area contributed by atoms with E-state index >= 15 is 0 Å². The van der Waals surface area contributed by atoms with Crippen molar-refractivity contribution in [2.24, 2.45) is 0 Å². The van der Waals surface area contributed by atoms with E-state index in [-0.39, 0.29) is 17.7 Å². The summed E-state index contributed by atoms with van der Waals surface area (Å²) in [6.07, 6.45) is 2.89. The number of nitrogens with one attached hydrogen (secondary N) is 1. The highest BCUT2D eigenvalue weighted by molar-refractivity contribution is 5.95. The highest BCUT2D eigenvalue weighted by atomic mass is 16.5. The monoisotopic (exact) mass is 292 g/mol. The Labute approximate surface area is 125 Å². The molecule has 2 N–H and O–H groups in total. The fraction of sp³-hybridized carbons (Fsp3) is 0.562. The Balaban J connectivity index is 2.19. The normalized spacial score (nSPS) is 15.7. The molecule has 0 radical (unpaired) electrons. The van der Waals surface area contributed by atoms with Gasteiger partial charge < -0.3 is 20.1 Å². The molecule has 0 bridgehead atoms. The van der Waals surface area contributed by atoms with Crippen LogP contribution in [-0.2, 0) is 0 Å². The third-order valence-electron chi connectivity index (χ3n) is 3.90. The second-order valence-corrected chi connectivity index (χ2v) is 5.37. The standard InChI is InChI=1S/C16H24N2O3/c1-3-10-18(13-6-8-17-9-7-13)16(20)12-4-5-15(21-2)14(19)11-12/h4-5,11,13,17,19H,3,6-10H2,1-2H3. The first-order valence-corrected chi connectivity index (χ1v) is 7.56. The van der Waals surface area contributed by atoms with E-state index in [1.54, 1.807) is 12.1 Å². The molecule has 1 amide bonds. The summed E-state index contributed by atoms with van der Waals surface area (Å²) >= 11 is 0. The molecule has 1 fully saturated rings. The SMILES string of the molecule is CCCN(C(=O)c1ccc(OC)c(O)c1)C1CCNCC1. The number of hydrogen-bond acceptors (Lipinski definition) is 4. The molecule has 5 heteroatoms. The number of carbonyl (C=O) groups excluding carboxylic acids is 1. The number of aromatic hydroxyl groups is 1. The molecule has 1 heterocycles. The third-order valence-corrected chi connectivity index (χ3v) is 3.90. The molecule has 0 aromatic heterocycles. The van der Waals surface area contributed by atoms with E-state index in [0.717, 1.165) is 38.9 Å². The molecule has 1 aliphatic rings. The summed E-state index contributed by atoms with van der Waals surface area (Å²) in [7, 11) is 1.50. The number of nitrogens with zero attached hydrogens (tertiary/aromatic N) is 1. The Kier molecular flexibility index (Phi) is 5.44. The Morgan fingerprint density at radius 2 is 2.14 bits per heavy atom. The summed E-state index contributed by atoms with van der Waals surface area (Å²) in [4.78, 5) is 14.7. The number of phenolic OH excluding ortho intramolecular Hbond substituents is 1. The first-order chi connectivity index (χ1) is 10.2. The lowest BCUT2D eigenvalue weighted by atomic mass is 10.0. The fourth-order valence-corrected chi connectivity index (χ4v) is 2.80. The van der Waals surface area contributed by atoms with Crippen molar-refractivity contribution < 1.29 is 14.6 Å². The quantitative estimate of drug-likeness (QED) is 0.871. The molecule has 116 valence electrons. The number of rotatable bonds is 5. The Bertz CT molecular complexity index is 484. The van der Waals surface area contributed by atoms with E-state index < -0.39 is 0 Å². The van der Waals surface area contributed by atoms with Crippen LogP contribution in [0.3, 0.4) is 0 Å². The molecule has 0 saturated carbocycles. The molecule has 0 aliphatic carbocycles. The fourth-order valence-electron chi connectivity index (χ4n) is 2.80. The van der Waals surface area contributed by atoms with Crippen LogP contribution in [0, 0.1) is 0 Å². The Hall–Kier alpha value is -1.75. The first kappa shape index (κ1) is 15.6. The van der Waals surface area contributed by atoms with Crippen molar-refractivity contribution in [3.63, 3.8) is 0 Å². The first-order valence-electron chi connectivity index (χ1n) is 7.56. The van der Waals surface area contributed by atoms with Gasteiger partial charge in [0, 0.05) is 18.2 Å². The number of carbonyl (C=O) groups is 1. The van der Waals surface area contributed by atoms with Crippen molar-refractivity contribution in [2.75, 3.05) is 26.7 Å². The number of amides is 1. The van der Waals surface area contributed by atoms with Crippen LogP contribution < -0.4 is 10.1 Å². The Morgan fingerprint density at radius 1 is 1.43 bits per heavy atom. The van der Waals surface area contributed by atoms with Gasteiger partial charge in [-0.1, -0.05) is 6.92 Å². The summed E-state index contributed by atoms with van der Waals surface area (Å²) in [5.41, 5.74) is 0.514. The average molecular weight is 292 g/mol. The number of phenols is 1. The van der Waals surface area contributed by atoms with Crippen molar-refractivity contribution in [3.05, 3.63) is 23.8 Å². The van der Waals surface area contributed by atoms with Crippen LogP contribution in [0.5, 0.6) is 11.5 Å². The summed E-state index contributed by atoms with van der Waals surface area (Å²) in [6, 6.07) is 5.12. The maximum atomic E-state index is 12.7. The van der Waals surface area contributed by atoms with Crippen LogP contribution in [-0.4, -0.2) is 48.7 Å². The van der Waals surface area contributed by atoms with Crippen molar-refractivity contribution in [1.82, 2.24) is 10.2 Å². The minimum atomic E-state index is -0.0123. The number of benzene rings is 1. The van der Waals surface area contributed by atoms with Gasteiger partial charge in [0.1, 0.15) is 0 Å². The number of methoxy groups -OCH3 is 1. The molecule has 0 spiro atoms. The van der Waals surface area contributed by atoms with Gasteiger partial charge in [0.25, 0.3) is 5.91 Å². The molecule has 21 heavy (non-hydrogen) atoms. The lowest BCUT2D eigenvalue weighted by molar-refractivity contribution is 0.0642. The van der Waals surface area contributed by atoms with Gasteiger partial charge in [0.2, 0.25) is 0 Å². The smallest absolute Gasteiger partial charge is 0.254 e. The lowest BCUT2D eigenvalue weighted by Crippen LogP contribution is -2.46. The van der Waals surface area contributed by atoms with E-state index in [2.05, 4.69) is 12.2 Å². The van der Waals surface area contributed by atoms with Crippen LogP contribution in [0.2, 0.25) is 0 Å². The Morgan fingerprint density at radius 3 is 2.71 bits per heavy atom. The van der Waals surface area contributed by atoms with Gasteiger partial charge in [0.05, 0.1) is 7.11 Å². The molecular weight excluding hydrogens is 268 g/mol. The topological polar surface area (TPSA) is 61.8 Å². The highest BCUT2D eigenvalue weighted by Crippen LogP contribution is 2.27. The zero-order chi connectivity index (χ0) is 15.2. The van der Waals surface area contributed by atoms with Crippen LogP contribution in [0.15, 0.2) is 18.2 Å². The second kappa shape index (κ2) is 7.31. The van der Waals surface area contributed by atoms with Crippen molar-refractivity contribution in [2.45, 2.75) is 32.2 Å².